The molecule has 0 unspecified atom stereocenters. The number of aromatic nitrogens is 4. The Morgan fingerprint density at radius 1 is 0.944 bits per heavy atom. The minimum atomic E-state index is -0.663. The van der Waals surface area contributed by atoms with Gasteiger partial charge in [-0.25, -0.2) is 23.1 Å². The number of anilines is 5. The standard InChI is InChI=1S/C39H35F3N10O2/c1-43-36-28(38(54)49-33-4-2-3-10-44-33)20-46-39(50-36)47-24-5-7-25(8-6-24)52-14-12-51(13-15-52)21-29-30(41)16-22(17-31(29)42)35-26-9-11-45-37(53)27-18-23(40)19-32(48-35)34(26)27/h2-8,10,16-20,48H,9,11-15,21H2,1H3,(H,45,53)(H,44,49,54)(H2,43,46,47,50). The number of pyridine rings is 1. The minimum absolute atomic E-state index is 0.0151. The lowest BCUT2D eigenvalue weighted by Gasteiger charge is -2.36. The number of halogens is 3. The van der Waals surface area contributed by atoms with Crippen LogP contribution in [0.3, 0.4) is 0 Å². The van der Waals surface area contributed by atoms with Crippen LogP contribution in [0.4, 0.5) is 42.1 Å². The second-order valence-electron chi connectivity index (χ2n) is 13.1. The molecule has 0 spiro atoms. The van der Waals surface area contributed by atoms with Crippen molar-refractivity contribution >= 4 is 51.7 Å². The molecule has 0 saturated carbocycles. The van der Waals surface area contributed by atoms with E-state index in [1.807, 2.05) is 29.2 Å². The van der Waals surface area contributed by atoms with Crippen LogP contribution in [0.15, 0.2) is 79.1 Å². The first-order valence-electron chi connectivity index (χ1n) is 17.5. The summed E-state index contributed by atoms with van der Waals surface area (Å²) in [6.45, 7) is 2.96. The number of hydrogen-bond acceptors (Lipinski definition) is 9. The first-order valence-corrected chi connectivity index (χ1v) is 17.5. The van der Waals surface area contributed by atoms with E-state index >= 15 is 8.78 Å². The molecule has 3 aromatic carbocycles. The quantitative estimate of drug-likeness (QED) is 0.120. The van der Waals surface area contributed by atoms with Crippen LogP contribution < -0.4 is 26.2 Å². The molecule has 1 fully saturated rings. The third-order valence-electron chi connectivity index (χ3n) is 9.72. The summed E-state index contributed by atoms with van der Waals surface area (Å²) in [5, 5.41) is 12.2. The van der Waals surface area contributed by atoms with Gasteiger partial charge in [-0.2, -0.15) is 4.98 Å². The summed E-state index contributed by atoms with van der Waals surface area (Å²) >= 11 is 0. The number of hydrogen-bond donors (Lipinski definition) is 5. The van der Waals surface area contributed by atoms with Gasteiger partial charge in [0.1, 0.15) is 34.7 Å². The van der Waals surface area contributed by atoms with Gasteiger partial charge in [-0.05, 0) is 72.6 Å². The Kier molecular flexibility index (Phi) is 9.29. The molecule has 15 heteroatoms. The Morgan fingerprint density at radius 2 is 1.72 bits per heavy atom. The second-order valence-corrected chi connectivity index (χ2v) is 13.1. The lowest BCUT2D eigenvalue weighted by molar-refractivity contribution is 0.0955. The summed E-state index contributed by atoms with van der Waals surface area (Å²) in [5.74, 6) is -1.58. The molecule has 0 radical (unpaired) electrons. The summed E-state index contributed by atoms with van der Waals surface area (Å²) < 4.78 is 45.5. The van der Waals surface area contributed by atoms with Crippen LogP contribution in [-0.4, -0.2) is 76.4 Å². The zero-order chi connectivity index (χ0) is 37.3. The van der Waals surface area contributed by atoms with E-state index < -0.39 is 17.5 Å². The predicted octanol–water partition coefficient (Wildman–Crippen LogP) is 6.08. The van der Waals surface area contributed by atoms with E-state index in [4.69, 9.17) is 0 Å². The van der Waals surface area contributed by atoms with E-state index in [1.54, 1.807) is 31.4 Å². The minimum Gasteiger partial charge on any atom is -0.372 e. The molecule has 274 valence electrons. The molecule has 2 aliphatic heterocycles. The number of rotatable bonds is 9. The van der Waals surface area contributed by atoms with E-state index in [0.717, 1.165) is 16.9 Å². The Bertz CT molecular complexity index is 2360. The molecule has 5 heterocycles. The predicted molar refractivity (Wildman–Crippen MR) is 201 cm³/mol. The van der Waals surface area contributed by atoms with Crippen molar-refractivity contribution in [3.8, 4) is 11.3 Å². The molecule has 0 atom stereocenters. The number of amides is 2. The summed E-state index contributed by atoms with van der Waals surface area (Å²) in [4.78, 5) is 45.6. The lowest BCUT2D eigenvalue weighted by atomic mass is 9.99. The van der Waals surface area contributed by atoms with Crippen molar-refractivity contribution in [3.63, 3.8) is 0 Å². The number of aromatic amines is 1. The molecule has 2 amide bonds. The number of H-pyrrole nitrogens is 1. The van der Waals surface area contributed by atoms with Gasteiger partial charge in [0.2, 0.25) is 5.95 Å². The third kappa shape index (κ3) is 6.88. The first kappa shape index (κ1) is 34.6. The second kappa shape index (κ2) is 14.5. The van der Waals surface area contributed by atoms with Gasteiger partial charge in [-0.1, -0.05) is 6.07 Å². The molecule has 12 nitrogen and oxygen atoms in total. The highest BCUT2D eigenvalue weighted by Gasteiger charge is 2.26. The first-order chi connectivity index (χ1) is 26.2. The molecule has 1 saturated heterocycles. The van der Waals surface area contributed by atoms with Gasteiger partial charge in [0, 0.05) is 97.8 Å². The van der Waals surface area contributed by atoms with Crippen molar-refractivity contribution in [2.75, 3.05) is 60.6 Å². The normalized spacial score (nSPS) is 14.4. The molecular weight excluding hydrogens is 697 g/mol. The van der Waals surface area contributed by atoms with Crippen LogP contribution in [-0.2, 0) is 13.0 Å². The SMILES string of the molecule is CNc1nc(Nc2ccc(N3CCN(Cc4c(F)cc(-c5[nH]c6cc(F)cc7c6c5CCNC7=O)cc4F)CC3)cc2)ncc1C(=O)Nc1ccccn1. The molecule has 54 heavy (non-hydrogen) atoms. The largest absolute Gasteiger partial charge is 0.372 e. The average molecular weight is 733 g/mol. The van der Waals surface area contributed by atoms with Gasteiger partial charge in [-0.3, -0.25) is 14.5 Å². The number of nitrogens with one attached hydrogen (secondary N) is 5. The molecule has 2 aliphatic rings. The van der Waals surface area contributed by atoms with Crippen LogP contribution in [0, 0.1) is 17.5 Å². The maximum absolute atomic E-state index is 15.6. The van der Waals surface area contributed by atoms with Crippen LogP contribution in [0.1, 0.15) is 31.8 Å². The fraction of sp³-hybridized carbons (Fsp3) is 0.205. The molecule has 5 N–H and O–H groups in total. The van der Waals surface area contributed by atoms with Gasteiger partial charge in [-0.15, -0.1) is 0 Å². The van der Waals surface area contributed by atoms with Crippen LogP contribution >= 0.6 is 0 Å². The van der Waals surface area contributed by atoms with Gasteiger partial charge >= 0.3 is 0 Å². The molecule has 0 aliphatic carbocycles. The fourth-order valence-corrected chi connectivity index (χ4v) is 7.03. The molecule has 3 aromatic heterocycles. The van der Waals surface area contributed by atoms with Crippen molar-refractivity contribution in [2.24, 2.45) is 0 Å². The average Bonchev–Trinajstić information content (AvgIpc) is 3.45. The molecular formula is C39H35F3N10O2. The Balaban J connectivity index is 0.894. The highest BCUT2D eigenvalue weighted by atomic mass is 19.1. The van der Waals surface area contributed by atoms with E-state index in [0.29, 0.717) is 78.9 Å². The highest BCUT2D eigenvalue weighted by Crippen LogP contribution is 2.36. The van der Waals surface area contributed by atoms with Gasteiger partial charge < -0.3 is 31.2 Å². The summed E-state index contributed by atoms with van der Waals surface area (Å²) in [7, 11) is 1.67. The van der Waals surface area contributed by atoms with Crippen molar-refractivity contribution in [3.05, 3.63) is 119 Å². The fourth-order valence-electron chi connectivity index (χ4n) is 7.03. The maximum Gasteiger partial charge on any atom is 0.262 e. The highest BCUT2D eigenvalue weighted by molar-refractivity contribution is 6.10. The smallest absolute Gasteiger partial charge is 0.262 e. The summed E-state index contributed by atoms with van der Waals surface area (Å²) in [5.41, 5.74) is 4.12. The lowest BCUT2D eigenvalue weighted by Crippen LogP contribution is -2.46. The van der Waals surface area contributed by atoms with E-state index in [2.05, 4.69) is 46.1 Å². The topological polar surface area (TPSA) is 143 Å². The summed E-state index contributed by atoms with van der Waals surface area (Å²) in [6, 6.07) is 18.1. The maximum atomic E-state index is 15.6. The molecule has 0 bridgehead atoms. The Morgan fingerprint density at radius 3 is 2.44 bits per heavy atom. The molecule has 6 aromatic rings. The van der Waals surface area contributed by atoms with Crippen LogP contribution in [0.25, 0.3) is 22.2 Å². The zero-order valence-electron chi connectivity index (χ0n) is 29.1. The number of nitrogens with zero attached hydrogens (tertiary/aromatic N) is 5. The van der Waals surface area contributed by atoms with Crippen molar-refractivity contribution in [1.29, 1.82) is 0 Å². The van der Waals surface area contributed by atoms with E-state index in [9.17, 15) is 14.0 Å². The van der Waals surface area contributed by atoms with E-state index in [-0.39, 0.29) is 35.0 Å². The van der Waals surface area contributed by atoms with E-state index in [1.165, 1.54) is 30.5 Å². The third-order valence-corrected chi connectivity index (χ3v) is 9.72. The van der Waals surface area contributed by atoms with Crippen molar-refractivity contribution < 1.29 is 22.8 Å². The van der Waals surface area contributed by atoms with Gasteiger partial charge in [0.15, 0.2) is 0 Å². The zero-order valence-corrected chi connectivity index (χ0v) is 29.1. The van der Waals surface area contributed by atoms with Crippen LogP contribution in [0.5, 0.6) is 0 Å². The van der Waals surface area contributed by atoms with Gasteiger partial charge in [0.25, 0.3) is 11.8 Å². The van der Waals surface area contributed by atoms with Crippen molar-refractivity contribution in [2.45, 2.75) is 13.0 Å². The van der Waals surface area contributed by atoms with Gasteiger partial charge in [0.05, 0.1) is 5.56 Å². The Hall–Kier alpha value is -6.48. The van der Waals surface area contributed by atoms with Crippen molar-refractivity contribution in [1.82, 2.24) is 30.2 Å². The molecule has 8 rings (SSSR count). The Labute approximate surface area is 307 Å². The monoisotopic (exact) mass is 732 g/mol. The number of piperazine rings is 1. The number of carbonyl (C=O) groups is 2. The summed E-state index contributed by atoms with van der Waals surface area (Å²) in [6.07, 6.45) is 3.47. The van der Waals surface area contributed by atoms with Crippen LogP contribution in [0.2, 0.25) is 0 Å². The number of benzene rings is 3. The number of carbonyl (C=O) groups excluding carboxylic acids is 2.